The van der Waals surface area contributed by atoms with Gasteiger partial charge in [0, 0.05) is 18.0 Å². The van der Waals surface area contributed by atoms with Gasteiger partial charge < -0.3 is 5.32 Å². The van der Waals surface area contributed by atoms with Gasteiger partial charge in [0.1, 0.15) is 11.6 Å². The summed E-state index contributed by atoms with van der Waals surface area (Å²) in [4.78, 5) is 4.34. The summed E-state index contributed by atoms with van der Waals surface area (Å²) in [6, 6.07) is 6.87. The lowest BCUT2D eigenvalue weighted by Crippen LogP contribution is -1.99. The number of anilines is 1. The molecule has 0 amide bonds. The second-order valence-electron chi connectivity index (χ2n) is 3.52. The highest BCUT2D eigenvalue weighted by Gasteiger charge is 2.02. The lowest BCUT2D eigenvalue weighted by Gasteiger charge is -2.05. The lowest BCUT2D eigenvalue weighted by molar-refractivity contribution is 0.628. The molecule has 2 nitrogen and oxygen atoms in total. The van der Waals surface area contributed by atoms with Crippen LogP contribution >= 0.6 is 0 Å². The molecule has 1 aromatic heterocycles. The number of hydrogen-bond acceptors (Lipinski definition) is 2. The van der Waals surface area contributed by atoms with Crippen molar-refractivity contribution in [2.45, 2.75) is 13.8 Å². The van der Waals surface area contributed by atoms with Gasteiger partial charge in [-0.15, -0.1) is 0 Å². The van der Waals surface area contributed by atoms with Crippen LogP contribution in [0, 0.1) is 12.7 Å². The van der Waals surface area contributed by atoms with Crippen molar-refractivity contribution in [2.24, 2.45) is 0 Å². The summed E-state index contributed by atoms with van der Waals surface area (Å²) in [6.07, 6.45) is 0. The molecule has 0 aliphatic rings. The Morgan fingerprint density at radius 2 is 2.13 bits per heavy atom. The van der Waals surface area contributed by atoms with Crippen LogP contribution in [-0.4, -0.2) is 11.5 Å². The molecule has 3 heteroatoms. The standard InChI is InChI=1S/C12H13FN2/c1-3-14-12-5-4-10-8(2)6-9(13)7-11(10)15-12/h4-7H,3H2,1-2H3,(H,14,15). The number of benzene rings is 1. The van der Waals surface area contributed by atoms with Crippen LogP contribution in [0.3, 0.4) is 0 Å². The molecular weight excluding hydrogens is 191 g/mol. The maximum atomic E-state index is 13.2. The van der Waals surface area contributed by atoms with Gasteiger partial charge in [0.25, 0.3) is 0 Å². The minimum absolute atomic E-state index is 0.235. The first-order valence-corrected chi connectivity index (χ1v) is 5.01. The normalized spacial score (nSPS) is 10.6. The highest BCUT2D eigenvalue weighted by molar-refractivity contribution is 5.83. The molecular formula is C12H13FN2. The number of pyridine rings is 1. The van der Waals surface area contributed by atoms with Crippen molar-refractivity contribution >= 4 is 16.7 Å². The summed E-state index contributed by atoms with van der Waals surface area (Å²) < 4.78 is 13.2. The third kappa shape index (κ3) is 1.91. The molecule has 0 atom stereocenters. The van der Waals surface area contributed by atoms with E-state index in [0.717, 1.165) is 23.3 Å². The molecule has 2 aromatic rings. The van der Waals surface area contributed by atoms with Gasteiger partial charge in [0.15, 0.2) is 0 Å². The Labute approximate surface area is 88.1 Å². The van der Waals surface area contributed by atoms with Gasteiger partial charge in [-0.2, -0.15) is 0 Å². The molecule has 2 rings (SSSR count). The van der Waals surface area contributed by atoms with Crippen molar-refractivity contribution in [3.63, 3.8) is 0 Å². The zero-order chi connectivity index (χ0) is 10.8. The van der Waals surface area contributed by atoms with Gasteiger partial charge in [0.05, 0.1) is 5.52 Å². The molecule has 0 aliphatic heterocycles. The van der Waals surface area contributed by atoms with Crippen molar-refractivity contribution in [1.29, 1.82) is 0 Å². The molecule has 15 heavy (non-hydrogen) atoms. The van der Waals surface area contributed by atoms with Gasteiger partial charge in [-0.1, -0.05) is 0 Å². The van der Waals surface area contributed by atoms with Crippen LogP contribution in [-0.2, 0) is 0 Å². The van der Waals surface area contributed by atoms with Gasteiger partial charge in [-0.25, -0.2) is 9.37 Å². The van der Waals surface area contributed by atoms with Crippen LogP contribution in [0.4, 0.5) is 10.2 Å². The maximum absolute atomic E-state index is 13.2. The number of aryl methyl sites for hydroxylation is 1. The summed E-state index contributed by atoms with van der Waals surface area (Å²) in [5, 5.41) is 4.10. The first-order chi connectivity index (χ1) is 7.20. The molecule has 1 heterocycles. The summed E-state index contributed by atoms with van der Waals surface area (Å²) in [5.74, 6) is 0.552. The van der Waals surface area contributed by atoms with Crippen LogP contribution in [0.5, 0.6) is 0 Å². The Balaban J connectivity index is 2.60. The van der Waals surface area contributed by atoms with Crippen LogP contribution in [0.25, 0.3) is 10.9 Å². The summed E-state index contributed by atoms with van der Waals surface area (Å²) in [5.41, 5.74) is 1.62. The number of halogens is 1. The maximum Gasteiger partial charge on any atom is 0.126 e. The van der Waals surface area contributed by atoms with Crippen molar-refractivity contribution in [2.75, 3.05) is 11.9 Å². The van der Waals surface area contributed by atoms with Gasteiger partial charge >= 0.3 is 0 Å². The fraction of sp³-hybridized carbons (Fsp3) is 0.250. The Morgan fingerprint density at radius 1 is 1.33 bits per heavy atom. The third-order valence-corrected chi connectivity index (χ3v) is 2.34. The molecule has 0 unspecified atom stereocenters. The summed E-state index contributed by atoms with van der Waals surface area (Å²) >= 11 is 0. The molecule has 0 spiro atoms. The molecule has 0 aliphatic carbocycles. The number of nitrogens with one attached hydrogen (secondary N) is 1. The van der Waals surface area contributed by atoms with E-state index in [4.69, 9.17) is 0 Å². The molecule has 0 bridgehead atoms. The van der Waals surface area contributed by atoms with E-state index in [1.54, 1.807) is 0 Å². The summed E-state index contributed by atoms with van der Waals surface area (Å²) in [7, 11) is 0. The number of aromatic nitrogens is 1. The van der Waals surface area contributed by atoms with E-state index in [2.05, 4.69) is 10.3 Å². The number of nitrogens with zero attached hydrogens (tertiary/aromatic N) is 1. The Kier molecular flexibility index (Phi) is 2.54. The van der Waals surface area contributed by atoms with E-state index in [9.17, 15) is 4.39 Å². The van der Waals surface area contributed by atoms with Crippen LogP contribution in [0.15, 0.2) is 24.3 Å². The smallest absolute Gasteiger partial charge is 0.126 e. The minimum Gasteiger partial charge on any atom is -0.370 e. The third-order valence-electron chi connectivity index (χ3n) is 2.34. The van der Waals surface area contributed by atoms with Crippen molar-refractivity contribution < 1.29 is 4.39 Å². The zero-order valence-electron chi connectivity index (χ0n) is 8.84. The fourth-order valence-electron chi connectivity index (χ4n) is 1.65. The Bertz CT molecular complexity index is 494. The quantitative estimate of drug-likeness (QED) is 0.813. The Hall–Kier alpha value is -1.64. The van der Waals surface area contributed by atoms with E-state index < -0.39 is 0 Å². The van der Waals surface area contributed by atoms with Crippen LogP contribution < -0.4 is 5.32 Å². The SMILES string of the molecule is CCNc1ccc2c(C)cc(F)cc2n1. The minimum atomic E-state index is -0.235. The Morgan fingerprint density at radius 3 is 2.87 bits per heavy atom. The van der Waals surface area contributed by atoms with Crippen LogP contribution in [0.2, 0.25) is 0 Å². The number of fused-ring (bicyclic) bond motifs is 1. The predicted octanol–water partition coefficient (Wildman–Crippen LogP) is 3.11. The first-order valence-electron chi connectivity index (χ1n) is 5.01. The van der Waals surface area contributed by atoms with E-state index in [0.29, 0.717) is 5.52 Å². The van der Waals surface area contributed by atoms with Crippen molar-refractivity contribution in [3.05, 3.63) is 35.6 Å². The van der Waals surface area contributed by atoms with E-state index in [1.807, 2.05) is 26.0 Å². The monoisotopic (exact) mass is 204 g/mol. The molecule has 0 saturated carbocycles. The average molecular weight is 204 g/mol. The zero-order valence-corrected chi connectivity index (χ0v) is 8.84. The highest BCUT2D eigenvalue weighted by atomic mass is 19.1. The van der Waals surface area contributed by atoms with E-state index in [-0.39, 0.29) is 5.82 Å². The molecule has 1 N–H and O–H groups in total. The van der Waals surface area contributed by atoms with E-state index >= 15 is 0 Å². The lowest BCUT2D eigenvalue weighted by atomic mass is 10.1. The predicted molar refractivity (Wildman–Crippen MR) is 60.6 cm³/mol. The van der Waals surface area contributed by atoms with Crippen molar-refractivity contribution in [1.82, 2.24) is 4.98 Å². The second-order valence-corrected chi connectivity index (χ2v) is 3.52. The largest absolute Gasteiger partial charge is 0.370 e. The molecule has 1 aromatic carbocycles. The van der Waals surface area contributed by atoms with Gasteiger partial charge in [-0.05, 0) is 37.6 Å². The molecule has 0 saturated heterocycles. The average Bonchev–Trinajstić information content (AvgIpc) is 2.17. The van der Waals surface area contributed by atoms with Crippen LogP contribution in [0.1, 0.15) is 12.5 Å². The highest BCUT2D eigenvalue weighted by Crippen LogP contribution is 2.20. The van der Waals surface area contributed by atoms with E-state index in [1.165, 1.54) is 12.1 Å². The topological polar surface area (TPSA) is 24.9 Å². The fourth-order valence-corrected chi connectivity index (χ4v) is 1.65. The van der Waals surface area contributed by atoms with Gasteiger partial charge in [0.2, 0.25) is 0 Å². The first kappa shape index (κ1) is 9.90. The molecule has 0 fully saturated rings. The summed E-state index contributed by atoms with van der Waals surface area (Å²) in [6.45, 7) is 4.70. The molecule has 78 valence electrons. The van der Waals surface area contributed by atoms with Crippen molar-refractivity contribution in [3.8, 4) is 0 Å². The second kappa shape index (κ2) is 3.85. The van der Waals surface area contributed by atoms with Gasteiger partial charge in [-0.3, -0.25) is 0 Å². The number of hydrogen-bond donors (Lipinski definition) is 1. The number of rotatable bonds is 2. The molecule has 0 radical (unpaired) electrons.